The fourth-order valence-electron chi connectivity index (χ4n) is 2.81. The third kappa shape index (κ3) is 3.36. The fraction of sp³-hybridized carbons (Fsp3) is 0.625. The summed E-state index contributed by atoms with van der Waals surface area (Å²) in [6, 6.07) is 4.57. The van der Waals surface area contributed by atoms with Gasteiger partial charge < -0.3 is 10.1 Å². The first-order valence-electron chi connectivity index (χ1n) is 7.22. The largest absolute Gasteiger partial charge is 0.378 e. The maximum Gasteiger partial charge on any atom is 0.159 e. The van der Waals surface area contributed by atoms with E-state index in [1.165, 1.54) is 12.1 Å². The van der Waals surface area contributed by atoms with E-state index in [1.807, 2.05) is 0 Å². The van der Waals surface area contributed by atoms with Crippen molar-refractivity contribution in [3.63, 3.8) is 0 Å². The van der Waals surface area contributed by atoms with Crippen molar-refractivity contribution in [3.05, 3.63) is 35.4 Å². The highest BCUT2D eigenvalue weighted by atomic mass is 19.2. The van der Waals surface area contributed by atoms with E-state index in [9.17, 15) is 8.78 Å². The van der Waals surface area contributed by atoms with E-state index in [2.05, 4.69) is 26.1 Å². The first-order valence-corrected chi connectivity index (χ1v) is 7.22. The van der Waals surface area contributed by atoms with E-state index in [1.54, 1.807) is 6.07 Å². The highest BCUT2D eigenvalue weighted by molar-refractivity contribution is 5.20. The average Bonchev–Trinajstić information content (AvgIpc) is 2.74. The topological polar surface area (TPSA) is 21.3 Å². The Morgan fingerprint density at radius 2 is 2.10 bits per heavy atom. The highest BCUT2D eigenvalue weighted by Crippen LogP contribution is 2.38. The average molecular weight is 283 g/mol. The zero-order chi connectivity index (χ0) is 14.8. The van der Waals surface area contributed by atoms with Gasteiger partial charge in [0.15, 0.2) is 11.6 Å². The maximum atomic E-state index is 13.4. The molecule has 0 aromatic heterocycles. The van der Waals surface area contributed by atoms with Crippen LogP contribution in [-0.2, 0) is 11.2 Å². The second-order valence-electron chi connectivity index (χ2n) is 6.09. The Morgan fingerprint density at radius 3 is 2.65 bits per heavy atom. The van der Waals surface area contributed by atoms with Gasteiger partial charge in [0.1, 0.15) is 0 Å². The molecule has 0 saturated carbocycles. The van der Waals surface area contributed by atoms with Gasteiger partial charge in [0.05, 0.1) is 6.10 Å². The van der Waals surface area contributed by atoms with Crippen molar-refractivity contribution in [2.75, 3.05) is 13.2 Å². The molecule has 20 heavy (non-hydrogen) atoms. The molecule has 0 aliphatic carbocycles. The van der Waals surface area contributed by atoms with Crippen LogP contribution in [0.4, 0.5) is 8.78 Å². The van der Waals surface area contributed by atoms with Crippen LogP contribution in [0, 0.1) is 17.0 Å². The maximum absolute atomic E-state index is 13.4. The predicted octanol–water partition coefficient (Wildman–Crippen LogP) is 3.30. The van der Waals surface area contributed by atoms with Crippen molar-refractivity contribution < 1.29 is 13.5 Å². The van der Waals surface area contributed by atoms with Gasteiger partial charge in [-0.05, 0) is 37.5 Å². The smallest absolute Gasteiger partial charge is 0.159 e. The summed E-state index contributed by atoms with van der Waals surface area (Å²) in [5.41, 5.74) is 0.779. The van der Waals surface area contributed by atoms with Gasteiger partial charge in [-0.25, -0.2) is 8.78 Å². The summed E-state index contributed by atoms with van der Waals surface area (Å²) in [4.78, 5) is 0. The molecule has 1 aromatic carbocycles. The Bertz CT molecular complexity index is 464. The van der Waals surface area contributed by atoms with Crippen LogP contribution < -0.4 is 5.32 Å². The molecule has 2 rings (SSSR count). The SMILES string of the molecule is CC(C)NCC1(Cc2ccc(F)c(F)c2)CCOC1C. The molecule has 2 nitrogen and oxygen atoms in total. The van der Waals surface area contributed by atoms with E-state index in [4.69, 9.17) is 4.74 Å². The number of halogens is 2. The van der Waals surface area contributed by atoms with Gasteiger partial charge in [-0.3, -0.25) is 0 Å². The Hall–Kier alpha value is -1.00. The third-order valence-corrected chi connectivity index (χ3v) is 4.23. The minimum atomic E-state index is -0.793. The van der Waals surface area contributed by atoms with E-state index < -0.39 is 11.6 Å². The lowest BCUT2D eigenvalue weighted by Crippen LogP contribution is -2.43. The Kier molecular flexibility index (Phi) is 4.76. The van der Waals surface area contributed by atoms with Crippen LogP contribution in [0.3, 0.4) is 0 Å². The zero-order valence-electron chi connectivity index (χ0n) is 12.4. The summed E-state index contributed by atoms with van der Waals surface area (Å²) < 4.78 is 32.1. The molecule has 1 aromatic rings. The van der Waals surface area contributed by atoms with Crippen molar-refractivity contribution in [3.8, 4) is 0 Å². The van der Waals surface area contributed by atoms with Crippen LogP contribution in [0.25, 0.3) is 0 Å². The molecule has 0 radical (unpaired) electrons. The number of ether oxygens (including phenoxy) is 1. The molecule has 0 amide bonds. The van der Waals surface area contributed by atoms with Crippen LogP contribution in [0.5, 0.6) is 0 Å². The molecule has 1 heterocycles. The van der Waals surface area contributed by atoms with Crippen LogP contribution in [0.2, 0.25) is 0 Å². The van der Waals surface area contributed by atoms with Crippen molar-refractivity contribution in [1.82, 2.24) is 5.32 Å². The summed E-state index contributed by atoms with van der Waals surface area (Å²) >= 11 is 0. The Labute approximate surface area is 119 Å². The fourth-order valence-corrected chi connectivity index (χ4v) is 2.81. The van der Waals surface area contributed by atoms with Gasteiger partial charge in [-0.15, -0.1) is 0 Å². The van der Waals surface area contributed by atoms with Crippen molar-refractivity contribution in [2.24, 2.45) is 5.41 Å². The highest BCUT2D eigenvalue weighted by Gasteiger charge is 2.41. The molecule has 1 saturated heterocycles. The van der Waals surface area contributed by atoms with Crippen molar-refractivity contribution in [1.29, 1.82) is 0 Å². The number of benzene rings is 1. The first kappa shape index (κ1) is 15.4. The molecular weight excluding hydrogens is 260 g/mol. The normalized spacial score (nSPS) is 26.4. The molecule has 2 unspecified atom stereocenters. The van der Waals surface area contributed by atoms with Gasteiger partial charge in [-0.2, -0.15) is 0 Å². The van der Waals surface area contributed by atoms with E-state index in [0.29, 0.717) is 12.5 Å². The molecule has 0 bridgehead atoms. The minimum absolute atomic E-state index is 0.0471. The summed E-state index contributed by atoms with van der Waals surface area (Å²) in [5.74, 6) is -1.57. The van der Waals surface area contributed by atoms with Crippen molar-refractivity contribution >= 4 is 0 Å². The first-order chi connectivity index (χ1) is 9.43. The van der Waals surface area contributed by atoms with Crippen LogP contribution in [0.1, 0.15) is 32.8 Å². The second-order valence-corrected chi connectivity index (χ2v) is 6.09. The lowest BCUT2D eigenvalue weighted by atomic mass is 9.76. The van der Waals surface area contributed by atoms with Crippen LogP contribution >= 0.6 is 0 Å². The summed E-state index contributed by atoms with van der Waals surface area (Å²) in [7, 11) is 0. The van der Waals surface area contributed by atoms with Gasteiger partial charge in [0.25, 0.3) is 0 Å². The predicted molar refractivity (Wildman–Crippen MR) is 75.7 cm³/mol. The third-order valence-electron chi connectivity index (χ3n) is 4.23. The quantitative estimate of drug-likeness (QED) is 0.895. The molecule has 1 aliphatic heterocycles. The van der Waals surface area contributed by atoms with Gasteiger partial charge >= 0.3 is 0 Å². The number of rotatable bonds is 5. The Balaban J connectivity index is 2.17. The zero-order valence-corrected chi connectivity index (χ0v) is 12.4. The van der Waals surface area contributed by atoms with Crippen LogP contribution in [0.15, 0.2) is 18.2 Å². The standard InChI is InChI=1S/C16H23F2NO/c1-11(2)19-10-16(6-7-20-12(16)3)9-13-4-5-14(17)15(18)8-13/h4-5,8,11-12,19H,6-7,9-10H2,1-3H3. The molecule has 0 spiro atoms. The summed E-state index contributed by atoms with van der Waals surface area (Å²) in [6.07, 6.45) is 1.75. The van der Waals surface area contributed by atoms with Crippen molar-refractivity contribution in [2.45, 2.75) is 45.8 Å². The van der Waals surface area contributed by atoms with Gasteiger partial charge in [-0.1, -0.05) is 19.9 Å². The van der Waals surface area contributed by atoms with Gasteiger partial charge in [0.2, 0.25) is 0 Å². The lowest BCUT2D eigenvalue weighted by Gasteiger charge is -2.33. The molecule has 1 fully saturated rings. The second kappa shape index (κ2) is 6.19. The van der Waals surface area contributed by atoms with Crippen LogP contribution in [-0.4, -0.2) is 25.3 Å². The Morgan fingerprint density at radius 1 is 1.35 bits per heavy atom. The monoisotopic (exact) mass is 283 g/mol. The van der Waals surface area contributed by atoms with Gasteiger partial charge in [0, 0.05) is 24.6 Å². The summed E-state index contributed by atoms with van der Waals surface area (Å²) in [5, 5.41) is 3.46. The molecule has 112 valence electrons. The lowest BCUT2D eigenvalue weighted by molar-refractivity contribution is 0.0620. The number of hydrogen-bond donors (Lipinski definition) is 1. The molecule has 4 heteroatoms. The number of hydrogen-bond acceptors (Lipinski definition) is 2. The van der Waals surface area contributed by atoms with E-state index >= 15 is 0 Å². The molecule has 1 N–H and O–H groups in total. The minimum Gasteiger partial charge on any atom is -0.378 e. The number of nitrogens with one attached hydrogen (secondary N) is 1. The van der Waals surface area contributed by atoms with E-state index in [0.717, 1.165) is 25.1 Å². The molecule has 2 atom stereocenters. The van der Waals surface area contributed by atoms with E-state index in [-0.39, 0.29) is 11.5 Å². The summed E-state index contributed by atoms with van der Waals surface area (Å²) in [6.45, 7) is 7.82. The molecule has 1 aliphatic rings. The molecular formula is C16H23F2NO.